The zero-order valence-electron chi connectivity index (χ0n) is 10.1. The van der Waals surface area contributed by atoms with E-state index in [9.17, 15) is 9.18 Å². The lowest BCUT2D eigenvalue weighted by Crippen LogP contribution is -2.10. The van der Waals surface area contributed by atoms with Crippen LogP contribution in [0.1, 0.15) is 21.7 Å². The van der Waals surface area contributed by atoms with Crippen molar-refractivity contribution in [3.05, 3.63) is 51.5 Å². The third kappa shape index (κ3) is 2.67. The normalized spacial score (nSPS) is 10.7. The van der Waals surface area contributed by atoms with Gasteiger partial charge in [-0.15, -0.1) is 0 Å². The van der Waals surface area contributed by atoms with Crippen molar-refractivity contribution in [1.29, 1.82) is 0 Å². The van der Waals surface area contributed by atoms with Crippen molar-refractivity contribution in [1.82, 2.24) is 9.78 Å². The highest BCUT2D eigenvalue weighted by Crippen LogP contribution is 2.17. The van der Waals surface area contributed by atoms with Crippen LogP contribution in [0.5, 0.6) is 0 Å². The maximum absolute atomic E-state index is 13.6. The molecule has 0 amide bonds. The van der Waals surface area contributed by atoms with E-state index in [4.69, 9.17) is 0 Å². The molecule has 1 heterocycles. The summed E-state index contributed by atoms with van der Waals surface area (Å²) in [5.74, 6) is -0.513. The fraction of sp³-hybridized carbons (Fsp3) is 0.231. The van der Waals surface area contributed by atoms with E-state index in [-0.39, 0.29) is 18.0 Å². The summed E-state index contributed by atoms with van der Waals surface area (Å²) >= 11 is 3.27. The van der Waals surface area contributed by atoms with Gasteiger partial charge in [0.2, 0.25) is 0 Å². The number of ketones is 1. The average molecular weight is 311 g/mol. The minimum atomic E-state index is -0.370. The standard InChI is InChI=1S/C13H12BrFN2O/c1-8-5-12(17(2)16-8)13(18)7-9-6-10(14)3-4-11(9)15/h3-6H,7H2,1-2H3. The smallest absolute Gasteiger partial charge is 0.185 e. The van der Waals surface area contributed by atoms with Gasteiger partial charge in [0.25, 0.3) is 0 Å². The Hall–Kier alpha value is -1.49. The molecule has 0 aliphatic carbocycles. The van der Waals surface area contributed by atoms with E-state index in [1.165, 1.54) is 10.7 Å². The third-order valence-electron chi connectivity index (χ3n) is 2.65. The van der Waals surface area contributed by atoms with Gasteiger partial charge in [-0.25, -0.2) is 4.39 Å². The Bertz CT molecular complexity index is 607. The zero-order valence-corrected chi connectivity index (χ0v) is 11.7. The molecule has 2 rings (SSSR count). The molecule has 5 heteroatoms. The SMILES string of the molecule is Cc1cc(C(=O)Cc2cc(Br)ccc2F)n(C)n1. The monoisotopic (exact) mass is 310 g/mol. The maximum atomic E-state index is 13.6. The van der Waals surface area contributed by atoms with Crippen LogP contribution >= 0.6 is 15.9 Å². The van der Waals surface area contributed by atoms with Gasteiger partial charge in [-0.3, -0.25) is 9.48 Å². The first kappa shape index (κ1) is 13.0. The Kier molecular flexibility index (Phi) is 3.61. The predicted octanol–water partition coefficient (Wildman–Crippen LogP) is 3.06. The van der Waals surface area contributed by atoms with Crippen LogP contribution in [0.3, 0.4) is 0 Å². The quantitative estimate of drug-likeness (QED) is 0.817. The Morgan fingerprint density at radius 2 is 2.17 bits per heavy atom. The van der Waals surface area contributed by atoms with Gasteiger partial charge in [0.1, 0.15) is 11.5 Å². The molecule has 0 saturated carbocycles. The number of aryl methyl sites for hydroxylation is 2. The third-order valence-corrected chi connectivity index (χ3v) is 3.14. The fourth-order valence-corrected chi connectivity index (χ4v) is 2.22. The lowest BCUT2D eigenvalue weighted by molar-refractivity contribution is 0.0983. The molecule has 2 aromatic rings. The number of aromatic nitrogens is 2. The van der Waals surface area contributed by atoms with E-state index in [1.807, 2.05) is 6.92 Å². The molecule has 3 nitrogen and oxygen atoms in total. The lowest BCUT2D eigenvalue weighted by Gasteiger charge is -2.04. The number of nitrogens with zero attached hydrogens (tertiary/aromatic N) is 2. The first-order valence-electron chi connectivity index (χ1n) is 5.45. The molecule has 0 atom stereocenters. The van der Waals surface area contributed by atoms with E-state index in [0.29, 0.717) is 11.3 Å². The van der Waals surface area contributed by atoms with Gasteiger partial charge >= 0.3 is 0 Å². The highest BCUT2D eigenvalue weighted by molar-refractivity contribution is 9.10. The molecule has 0 aliphatic heterocycles. The Balaban J connectivity index is 2.26. The topological polar surface area (TPSA) is 34.9 Å². The molecule has 0 radical (unpaired) electrons. The molecule has 0 bridgehead atoms. The second-order valence-electron chi connectivity index (χ2n) is 4.13. The molecule has 1 aromatic carbocycles. The molecule has 0 unspecified atom stereocenters. The molecule has 0 N–H and O–H groups in total. The predicted molar refractivity (Wildman–Crippen MR) is 70.1 cm³/mol. The van der Waals surface area contributed by atoms with Crippen LogP contribution in [0, 0.1) is 12.7 Å². The highest BCUT2D eigenvalue weighted by atomic mass is 79.9. The van der Waals surface area contributed by atoms with E-state index in [1.54, 1.807) is 25.2 Å². The van der Waals surface area contributed by atoms with Crippen LogP contribution in [0.2, 0.25) is 0 Å². The molecule has 0 fully saturated rings. The minimum absolute atomic E-state index is 0.0320. The van der Waals surface area contributed by atoms with Gasteiger partial charge < -0.3 is 0 Å². The van der Waals surface area contributed by atoms with E-state index < -0.39 is 0 Å². The molecule has 0 saturated heterocycles. The number of hydrogen-bond donors (Lipinski definition) is 0. The van der Waals surface area contributed by atoms with Gasteiger partial charge in [0.15, 0.2) is 5.78 Å². The zero-order chi connectivity index (χ0) is 13.3. The van der Waals surface area contributed by atoms with Crippen molar-refractivity contribution in [2.75, 3.05) is 0 Å². The average Bonchev–Trinajstić information content (AvgIpc) is 2.63. The van der Waals surface area contributed by atoms with Crippen molar-refractivity contribution in [3.63, 3.8) is 0 Å². The summed E-state index contributed by atoms with van der Waals surface area (Å²) in [7, 11) is 1.71. The molecule has 18 heavy (non-hydrogen) atoms. The van der Waals surface area contributed by atoms with E-state index >= 15 is 0 Å². The first-order valence-corrected chi connectivity index (χ1v) is 6.24. The van der Waals surface area contributed by atoms with Gasteiger partial charge in [0, 0.05) is 17.9 Å². The van der Waals surface area contributed by atoms with E-state index in [2.05, 4.69) is 21.0 Å². The molecular formula is C13H12BrFN2O. The molecule has 0 spiro atoms. The molecule has 0 aliphatic rings. The summed E-state index contributed by atoms with van der Waals surface area (Å²) in [6.07, 6.45) is 0.0320. The summed E-state index contributed by atoms with van der Waals surface area (Å²) < 4.78 is 15.8. The van der Waals surface area contributed by atoms with E-state index in [0.717, 1.165) is 10.2 Å². The van der Waals surface area contributed by atoms with Crippen LogP contribution in [-0.2, 0) is 13.5 Å². The second kappa shape index (κ2) is 5.02. The van der Waals surface area contributed by atoms with Crippen molar-refractivity contribution >= 4 is 21.7 Å². The largest absolute Gasteiger partial charge is 0.292 e. The Morgan fingerprint density at radius 3 is 2.78 bits per heavy atom. The minimum Gasteiger partial charge on any atom is -0.292 e. The van der Waals surface area contributed by atoms with Crippen molar-refractivity contribution < 1.29 is 9.18 Å². The van der Waals surface area contributed by atoms with Crippen LogP contribution < -0.4 is 0 Å². The van der Waals surface area contributed by atoms with Crippen LogP contribution in [-0.4, -0.2) is 15.6 Å². The van der Waals surface area contributed by atoms with Crippen LogP contribution in [0.15, 0.2) is 28.7 Å². The number of carbonyl (C=O) groups excluding carboxylic acids is 1. The highest BCUT2D eigenvalue weighted by Gasteiger charge is 2.14. The number of Topliss-reactive ketones (excluding diaryl/α,β-unsaturated/α-hetero) is 1. The summed E-state index contributed by atoms with van der Waals surface area (Å²) in [5, 5.41) is 4.11. The second-order valence-corrected chi connectivity index (χ2v) is 5.05. The van der Waals surface area contributed by atoms with Crippen molar-refractivity contribution in [2.24, 2.45) is 7.05 Å². The lowest BCUT2D eigenvalue weighted by atomic mass is 10.1. The van der Waals surface area contributed by atoms with Crippen molar-refractivity contribution in [2.45, 2.75) is 13.3 Å². The Labute approximate surface area is 113 Å². The van der Waals surface area contributed by atoms with Crippen LogP contribution in [0.4, 0.5) is 4.39 Å². The Morgan fingerprint density at radius 1 is 1.44 bits per heavy atom. The fourth-order valence-electron chi connectivity index (χ4n) is 1.81. The molecular weight excluding hydrogens is 299 g/mol. The number of halogens is 2. The van der Waals surface area contributed by atoms with Gasteiger partial charge in [0.05, 0.1) is 5.69 Å². The van der Waals surface area contributed by atoms with Gasteiger partial charge in [-0.2, -0.15) is 5.10 Å². The number of rotatable bonds is 3. The molecule has 94 valence electrons. The summed E-state index contributed by atoms with van der Waals surface area (Å²) in [4.78, 5) is 12.1. The van der Waals surface area contributed by atoms with Gasteiger partial charge in [-0.05, 0) is 36.8 Å². The molecule has 1 aromatic heterocycles. The summed E-state index contributed by atoms with van der Waals surface area (Å²) in [6.45, 7) is 1.82. The number of hydrogen-bond acceptors (Lipinski definition) is 2. The first-order chi connectivity index (χ1) is 8.47. The van der Waals surface area contributed by atoms with Crippen LogP contribution in [0.25, 0.3) is 0 Å². The summed E-state index contributed by atoms with van der Waals surface area (Å²) in [6, 6.07) is 6.29. The summed E-state index contributed by atoms with van der Waals surface area (Å²) in [5.41, 5.74) is 1.65. The number of carbonyl (C=O) groups is 1. The van der Waals surface area contributed by atoms with Gasteiger partial charge in [-0.1, -0.05) is 15.9 Å². The van der Waals surface area contributed by atoms with Crippen molar-refractivity contribution in [3.8, 4) is 0 Å². The number of benzene rings is 1. The maximum Gasteiger partial charge on any atom is 0.185 e.